The third-order valence-corrected chi connectivity index (χ3v) is 3.98. The number of benzene rings is 1. The molecule has 1 aromatic rings. The van der Waals surface area contributed by atoms with Crippen LogP contribution in [0.25, 0.3) is 0 Å². The van der Waals surface area contributed by atoms with E-state index >= 15 is 0 Å². The molecule has 0 heterocycles. The minimum absolute atomic E-state index is 0.318. The molecule has 1 N–H and O–H groups in total. The number of hydrogen-bond acceptors (Lipinski definition) is 3. The molecule has 0 amide bonds. The van der Waals surface area contributed by atoms with E-state index in [1.807, 2.05) is 13.0 Å². The maximum absolute atomic E-state index is 11.4. The normalized spacial score (nSPS) is 11.6. The standard InChI is InChI=1S/C9H13NO2S2/c1-3-13-8-5-4-6-9(7-8)14(11,12)10-2/h4-7,10H,3H2,1-2H3. The Labute approximate surface area is 89.0 Å². The van der Waals surface area contributed by atoms with Crippen molar-refractivity contribution in [3.8, 4) is 0 Å². The molecule has 0 aliphatic heterocycles. The Morgan fingerprint density at radius 3 is 2.71 bits per heavy atom. The summed E-state index contributed by atoms with van der Waals surface area (Å²) in [6.07, 6.45) is 0. The Morgan fingerprint density at radius 2 is 2.14 bits per heavy atom. The molecule has 5 heteroatoms. The Hall–Kier alpha value is -0.520. The molecule has 0 spiro atoms. The van der Waals surface area contributed by atoms with Crippen molar-refractivity contribution < 1.29 is 8.42 Å². The van der Waals surface area contributed by atoms with Crippen LogP contribution in [0, 0.1) is 0 Å². The van der Waals surface area contributed by atoms with E-state index in [9.17, 15) is 8.42 Å². The number of hydrogen-bond donors (Lipinski definition) is 1. The summed E-state index contributed by atoms with van der Waals surface area (Å²) < 4.78 is 25.2. The molecular formula is C9H13NO2S2. The number of nitrogens with one attached hydrogen (secondary N) is 1. The molecule has 1 aromatic carbocycles. The van der Waals surface area contributed by atoms with Gasteiger partial charge in [0.25, 0.3) is 0 Å². The topological polar surface area (TPSA) is 46.2 Å². The van der Waals surface area contributed by atoms with Gasteiger partial charge >= 0.3 is 0 Å². The van der Waals surface area contributed by atoms with Crippen molar-refractivity contribution in [1.82, 2.24) is 4.72 Å². The predicted octanol–water partition coefficient (Wildman–Crippen LogP) is 1.71. The lowest BCUT2D eigenvalue weighted by molar-refractivity contribution is 0.588. The third-order valence-electron chi connectivity index (χ3n) is 1.70. The molecule has 14 heavy (non-hydrogen) atoms. The highest BCUT2D eigenvalue weighted by atomic mass is 32.2. The van der Waals surface area contributed by atoms with Gasteiger partial charge in [0, 0.05) is 4.90 Å². The van der Waals surface area contributed by atoms with Crippen molar-refractivity contribution in [1.29, 1.82) is 0 Å². The molecule has 0 atom stereocenters. The van der Waals surface area contributed by atoms with Crippen LogP contribution in [0.5, 0.6) is 0 Å². The van der Waals surface area contributed by atoms with E-state index in [0.29, 0.717) is 4.90 Å². The van der Waals surface area contributed by atoms with Crippen molar-refractivity contribution in [3.05, 3.63) is 24.3 Å². The number of thioether (sulfide) groups is 1. The minimum atomic E-state index is -3.30. The van der Waals surface area contributed by atoms with Gasteiger partial charge in [-0.1, -0.05) is 13.0 Å². The maximum atomic E-state index is 11.4. The van der Waals surface area contributed by atoms with Crippen LogP contribution in [-0.2, 0) is 10.0 Å². The molecule has 0 saturated carbocycles. The predicted molar refractivity (Wildman–Crippen MR) is 59.1 cm³/mol. The van der Waals surface area contributed by atoms with Gasteiger partial charge in [0.05, 0.1) is 4.90 Å². The summed E-state index contributed by atoms with van der Waals surface area (Å²) in [7, 11) is -1.89. The number of sulfonamides is 1. The van der Waals surface area contributed by atoms with Crippen LogP contribution < -0.4 is 4.72 Å². The Bertz CT molecular complexity index is 401. The third kappa shape index (κ3) is 2.73. The van der Waals surface area contributed by atoms with Crippen LogP contribution in [0.3, 0.4) is 0 Å². The van der Waals surface area contributed by atoms with Crippen LogP contribution in [-0.4, -0.2) is 21.2 Å². The van der Waals surface area contributed by atoms with Crippen LogP contribution in [0.4, 0.5) is 0 Å². The van der Waals surface area contributed by atoms with E-state index in [1.165, 1.54) is 7.05 Å². The first kappa shape index (κ1) is 11.6. The fourth-order valence-electron chi connectivity index (χ4n) is 1.02. The summed E-state index contributed by atoms with van der Waals surface area (Å²) in [6, 6.07) is 6.93. The molecule has 0 bridgehead atoms. The van der Waals surface area contributed by atoms with Crippen molar-refractivity contribution in [3.63, 3.8) is 0 Å². The van der Waals surface area contributed by atoms with Crippen LogP contribution in [0.2, 0.25) is 0 Å². The van der Waals surface area contributed by atoms with Gasteiger partial charge in [-0.3, -0.25) is 0 Å². The highest BCUT2D eigenvalue weighted by molar-refractivity contribution is 7.99. The molecule has 0 aromatic heterocycles. The van der Waals surface area contributed by atoms with E-state index < -0.39 is 10.0 Å². The summed E-state index contributed by atoms with van der Waals surface area (Å²) in [4.78, 5) is 1.29. The van der Waals surface area contributed by atoms with E-state index in [-0.39, 0.29) is 0 Å². The zero-order chi connectivity index (χ0) is 10.6. The number of rotatable bonds is 4. The second kappa shape index (κ2) is 4.82. The van der Waals surface area contributed by atoms with Gasteiger partial charge in [-0.05, 0) is 31.0 Å². The summed E-state index contributed by atoms with van der Waals surface area (Å²) >= 11 is 1.62. The first-order chi connectivity index (χ1) is 6.60. The van der Waals surface area contributed by atoms with Crippen molar-refractivity contribution in [2.24, 2.45) is 0 Å². The van der Waals surface area contributed by atoms with Crippen molar-refractivity contribution in [2.45, 2.75) is 16.7 Å². The van der Waals surface area contributed by atoms with Crippen molar-refractivity contribution in [2.75, 3.05) is 12.8 Å². The second-order valence-electron chi connectivity index (χ2n) is 2.62. The highest BCUT2D eigenvalue weighted by Crippen LogP contribution is 2.20. The van der Waals surface area contributed by atoms with Crippen LogP contribution in [0.15, 0.2) is 34.1 Å². The summed E-state index contributed by atoms with van der Waals surface area (Å²) in [5, 5.41) is 0. The average Bonchev–Trinajstić information content (AvgIpc) is 2.19. The first-order valence-electron chi connectivity index (χ1n) is 4.26. The molecule has 1 rings (SSSR count). The van der Waals surface area contributed by atoms with E-state index in [1.54, 1.807) is 30.0 Å². The zero-order valence-electron chi connectivity index (χ0n) is 8.15. The maximum Gasteiger partial charge on any atom is 0.240 e. The zero-order valence-corrected chi connectivity index (χ0v) is 9.78. The average molecular weight is 231 g/mol. The Morgan fingerprint density at radius 1 is 1.43 bits per heavy atom. The lowest BCUT2D eigenvalue weighted by Gasteiger charge is -2.04. The van der Waals surface area contributed by atoms with E-state index in [2.05, 4.69) is 4.72 Å². The molecular weight excluding hydrogens is 218 g/mol. The van der Waals surface area contributed by atoms with Gasteiger partial charge in [0.2, 0.25) is 10.0 Å². The smallest absolute Gasteiger partial charge is 0.214 e. The van der Waals surface area contributed by atoms with Crippen molar-refractivity contribution >= 4 is 21.8 Å². The van der Waals surface area contributed by atoms with Gasteiger partial charge in [-0.15, -0.1) is 11.8 Å². The van der Waals surface area contributed by atoms with E-state index in [4.69, 9.17) is 0 Å². The minimum Gasteiger partial charge on any atom is -0.214 e. The monoisotopic (exact) mass is 231 g/mol. The summed E-state index contributed by atoms with van der Waals surface area (Å²) in [5.74, 6) is 0.934. The molecule has 0 aliphatic rings. The van der Waals surface area contributed by atoms with E-state index in [0.717, 1.165) is 10.6 Å². The lowest BCUT2D eigenvalue weighted by atomic mass is 10.4. The van der Waals surface area contributed by atoms with Gasteiger partial charge in [-0.25, -0.2) is 13.1 Å². The fourth-order valence-corrected chi connectivity index (χ4v) is 2.58. The van der Waals surface area contributed by atoms with Gasteiger partial charge < -0.3 is 0 Å². The van der Waals surface area contributed by atoms with Crippen LogP contribution >= 0.6 is 11.8 Å². The van der Waals surface area contributed by atoms with Gasteiger partial charge in [0.1, 0.15) is 0 Å². The van der Waals surface area contributed by atoms with Crippen LogP contribution in [0.1, 0.15) is 6.92 Å². The molecule has 78 valence electrons. The largest absolute Gasteiger partial charge is 0.240 e. The second-order valence-corrected chi connectivity index (χ2v) is 5.84. The molecule has 0 unspecified atom stereocenters. The molecule has 0 saturated heterocycles. The highest BCUT2D eigenvalue weighted by Gasteiger charge is 2.10. The quantitative estimate of drug-likeness (QED) is 0.802. The summed E-state index contributed by atoms with van der Waals surface area (Å²) in [6.45, 7) is 2.03. The molecule has 3 nitrogen and oxygen atoms in total. The molecule has 0 aliphatic carbocycles. The lowest BCUT2D eigenvalue weighted by Crippen LogP contribution is -2.18. The first-order valence-corrected chi connectivity index (χ1v) is 6.73. The Balaban J connectivity index is 3.06. The van der Waals surface area contributed by atoms with Gasteiger partial charge in [0.15, 0.2) is 0 Å². The summed E-state index contributed by atoms with van der Waals surface area (Å²) in [5.41, 5.74) is 0. The fraction of sp³-hybridized carbons (Fsp3) is 0.333. The Kier molecular flexibility index (Phi) is 3.97. The molecule has 0 radical (unpaired) electrons. The SMILES string of the molecule is CCSc1cccc(S(=O)(=O)NC)c1. The molecule has 0 fully saturated rings. The van der Waals surface area contributed by atoms with Gasteiger partial charge in [-0.2, -0.15) is 0 Å².